The number of hydrogen-bond acceptors (Lipinski definition) is 3. The molecule has 3 aromatic rings. The second-order valence-electron chi connectivity index (χ2n) is 10.3. The fourth-order valence-electron chi connectivity index (χ4n) is 5.06. The quantitative estimate of drug-likeness (QED) is 0.499. The standard InChI is InChI=1S/C26H33NO3S/c1-15-10-17(3)25(18(4)11-15)31(28,29)27-22-14-21-20-13-19(26(5,6)7)8-9-23(20)30-24(21)12-16(22)2/h10-12,14,19,27H,8-9,13H2,1-7H3/t19-/m1/s1. The topological polar surface area (TPSA) is 59.3 Å². The van der Waals surface area contributed by atoms with Gasteiger partial charge in [0.05, 0.1) is 10.6 Å². The van der Waals surface area contributed by atoms with E-state index in [1.807, 2.05) is 52.0 Å². The highest BCUT2D eigenvalue weighted by molar-refractivity contribution is 7.92. The molecule has 0 unspecified atom stereocenters. The predicted octanol–water partition coefficient (Wildman–Crippen LogP) is 6.62. The van der Waals surface area contributed by atoms with E-state index in [4.69, 9.17) is 4.42 Å². The Morgan fingerprint density at radius 3 is 2.23 bits per heavy atom. The van der Waals surface area contributed by atoms with E-state index in [2.05, 4.69) is 25.5 Å². The number of sulfonamides is 1. The van der Waals surface area contributed by atoms with Crippen molar-refractivity contribution >= 4 is 26.7 Å². The van der Waals surface area contributed by atoms with E-state index < -0.39 is 10.0 Å². The fourth-order valence-corrected chi connectivity index (χ4v) is 6.64. The number of anilines is 1. The lowest BCUT2D eigenvalue weighted by atomic mass is 9.71. The Labute approximate surface area is 186 Å². The van der Waals surface area contributed by atoms with Gasteiger partial charge in [-0.05, 0) is 80.7 Å². The first-order valence-electron chi connectivity index (χ1n) is 11.0. The van der Waals surface area contributed by atoms with Crippen LogP contribution >= 0.6 is 0 Å². The van der Waals surface area contributed by atoms with Crippen LogP contribution in [0.2, 0.25) is 0 Å². The minimum Gasteiger partial charge on any atom is -0.461 e. The van der Waals surface area contributed by atoms with Crippen molar-refractivity contribution in [3.8, 4) is 0 Å². The number of rotatable bonds is 3. The van der Waals surface area contributed by atoms with Gasteiger partial charge in [0.15, 0.2) is 0 Å². The minimum atomic E-state index is -3.70. The number of aryl methyl sites for hydroxylation is 5. The molecule has 1 heterocycles. The average molecular weight is 440 g/mol. The molecule has 1 N–H and O–H groups in total. The second-order valence-corrected chi connectivity index (χ2v) is 11.9. The molecule has 2 aromatic carbocycles. The van der Waals surface area contributed by atoms with Gasteiger partial charge in [0.2, 0.25) is 0 Å². The summed E-state index contributed by atoms with van der Waals surface area (Å²) in [7, 11) is -3.70. The molecule has 0 radical (unpaired) electrons. The third-order valence-electron chi connectivity index (χ3n) is 6.73. The lowest BCUT2D eigenvalue weighted by Gasteiger charge is -2.33. The lowest BCUT2D eigenvalue weighted by molar-refractivity contribution is 0.210. The van der Waals surface area contributed by atoms with Crippen molar-refractivity contribution in [3.63, 3.8) is 0 Å². The van der Waals surface area contributed by atoms with Gasteiger partial charge < -0.3 is 4.42 Å². The summed E-state index contributed by atoms with van der Waals surface area (Å²) in [6.45, 7) is 14.5. The molecule has 0 fully saturated rings. The molecule has 1 aliphatic carbocycles. The molecule has 0 amide bonds. The Hall–Kier alpha value is -2.27. The fraction of sp³-hybridized carbons (Fsp3) is 0.462. The van der Waals surface area contributed by atoms with E-state index in [9.17, 15) is 8.42 Å². The van der Waals surface area contributed by atoms with Crippen LogP contribution in [0.3, 0.4) is 0 Å². The third kappa shape index (κ3) is 4.00. The van der Waals surface area contributed by atoms with Crippen LogP contribution in [0.5, 0.6) is 0 Å². The molecule has 4 rings (SSSR count). The molecule has 0 spiro atoms. The highest BCUT2D eigenvalue weighted by Crippen LogP contribution is 2.42. The molecule has 166 valence electrons. The minimum absolute atomic E-state index is 0.233. The van der Waals surface area contributed by atoms with Gasteiger partial charge in [-0.25, -0.2) is 8.42 Å². The van der Waals surface area contributed by atoms with Crippen molar-refractivity contribution in [2.45, 2.75) is 72.6 Å². The van der Waals surface area contributed by atoms with Crippen molar-refractivity contribution < 1.29 is 12.8 Å². The zero-order valence-electron chi connectivity index (χ0n) is 19.6. The van der Waals surface area contributed by atoms with Crippen molar-refractivity contribution in [1.29, 1.82) is 0 Å². The molecule has 1 atom stereocenters. The van der Waals surface area contributed by atoms with Crippen molar-refractivity contribution in [2.75, 3.05) is 4.72 Å². The van der Waals surface area contributed by atoms with Crippen LogP contribution in [0.25, 0.3) is 11.0 Å². The first-order chi connectivity index (χ1) is 14.4. The van der Waals surface area contributed by atoms with Gasteiger partial charge in [-0.3, -0.25) is 4.72 Å². The normalized spacial score (nSPS) is 17.1. The van der Waals surface area contributed by atoms with E-state index in [1.54, 1.807) is 0 Å². The molecule has 0 bridgehead atoms. The molecule has 4 nitrogen and oxygen atoms in total. The van der Waals surface area contributed by atoms with Crippen molar-refractivity contribution in [3.05, 3.63) is 57.8 Å². The summed E-state index contributed by atoms with van der Waals surface area (Å²) in [4.78, 5) is 0.361. The summed E-state index contributed by atoms with van der Waals surface area (Å²) in [5.74, 6) is 1.64. The van der Waals surface area contributed by atoms with Crippen molar-refractivity contribution in [2.24, 2.45) is 11.3 Å². The van der Waals surface area contributed by atoms with E-state index in [0.717, 1.165) is 58.2 Å². The molecule has 31 heavy (non-hydrogen) atoms. The monoisotopic (exact) mass is 439 g/mol. The van der Waals surface area contributed by atoms with E-state index in [0.29, 0.717) is 16.5 Å². The highest BCUT2D eigenvalue weighted by Gasteiger charge is 2.32. The summed E-state index contributed by atoms with van der Waals surface area (Å²) in [6, 6.07) is 7.76. The first-order valence-corrected chi connectivity index (χ1v) is 12.5. The molecule has 0 saturated heterocycles. The first kappa shape index (κ1) is 21.9. The summed E-state index contributed by atoms with van der Waals surface area (Å²) >= 11 is 0. The molecule has 1 aromatic heterocycles. The predicted molar refractivity (Wildman–Crippen MR) is 127 cm³/mol. The summed E-state index contributed by atoms with van der Waals surface area (Å²) in [5.41, 5.74) is 6.38. The lowest BCUT2D eigenvalue weighted by Crippen LogP contribution is -2.26. The van der Waals surface area contributed by atoms with Crippen LogP contribution in [-0.4, -0.2) is 8.42 Å². The Morgan fingerprint density at radius 1 is 0.968 bits per heavy atom. The summed E-state index contributed by atoms with van der Waals surface area (Å²) < 4.78 is 35.7. The average Bonchev–Trinajstić information content (AvgIpc) is 2.96. The second kappa shape index (κ2) is 7.40. The van der Waals surface area contributed by atoms with Gasteiger partial charge in [-0.15, -0.1) is 0 Å². The van der Waals surface area contributed by atoms with Crippen LogP contribution in [0, 0.1) is 39.0 Å². The maximum atomic E-state index is 13.3. The van der Waals surface area contributed by atoms with Crippen LogP contribution in [0.1, 0.15) is 60.8 Å². The van der Waals surface area contributed by atoms with Gasteiger partial charge in [-0.1, -0.05) is 38.5 Å². The van der Waals surface area contributed by atoms with Crippen LogP contribution in [-0.2, 0) is 22.9 Å². The van der Waals surface area contributed by atoms with E-state index >= 15 is 0 Å². The van der Waals surface area contributed by atoms with Crippen LogP contribution in [0.15, 0.2) is 33.6 Å². The number of hydrogen-bond donors (Lipinski definition) is 1. The van der Waals surface area contributed by atoms with Gasteiger partial charge in [0, 0.05) is 17.4 Å². The van der Waals surface area contributed by atoms with Gasteiger partial charge in [0.25, 0.3) is 10.0 Å². The number of benzene rings is 2. The molecule has 0 aliphatic heterocycles. The highest BCUT2D eigenvalue weighted by atomic mass is 32.2. The zero-order chi connectivity index (χ0) is 22.7. The Balaban J connectivity index is 1.77. The zero-order valence-corrected chi connectivity index (χ0v) is 20.5. The Kier molecular flexibility index (Phi) is 5.24. The maximum absolute atomic E-state index is 13.3. The molecule has 5 heteroatoms. The van der Waals surface area contributed by atoms with E-state index in [-0.39, 0.29) is 5.41 Å². The number of furan rings is 1. The summed E-state index contributed by atoms with van der Waals surface area (Å²) in [5, 5.41) is 1.03. The number of nitrogens with one attached hydrogen (secondary N) is 1. The molecular weight excluding hydrogens is 406 g/mol. The molecule has 0 saturated carbocycles. The Bertz CT molecular complexity index is 1250. The smallest absolute Gasteiger partial charge is 0.262 e. The van der Waals surface area contributed by atoms with Crippen LogP contribution in [0.4, 0.5) is 5.69 Å². The summed E-state index contributed by atoms with van der Waals surface area (Å²) in [6.07, 6.45) is 3.03. The Morgan fingerprint density at radius 2 is 1.61 bits per heavy atom. The van der Waals surface area contributed by atoms with Gasteiger partial charge >= 0.3 is 0 Å². The third-order valence-corrected chi connectivity index (χ3v) is 8.40. The van der Waals surface area contributed by atoms with E-state index in [1.165, 1.54) is 5.56 Å². The van der Waals surface area contributed by atoms with Crippen molar-refractivity contribution in [1.82, 2.24) is 0 Å². The molecule has 1 aliphatic rings. The molecular formula is C26H33NO3S. The van der Waals surface area contributed by atoms with Gasteiger partial charge in [-0.2, -0.15) is 0 Å². The SMILES string of the molecule is Cc1cc(C)c(S(=O)(=O)Nc2cc3c4c(oc3cc2C)CC[C@@H](C(C)(C)C)C4)c(C)c1. The van der Waals surface area contributed by atoms with Gasteiger partial charge in [0.1, 0.15) is 11.3 Å². The maximum Gasteiger partial charge on any atom is 0.262 e. The largest absolute Gasteiger partial charge is 0.461 e. The number of fused-ring (bicyclic) bond motifs is 3. The van der Waals surface area contributed by atoms with Crippen LogP contribution < -0.4 is 4.72 Å².